The maximum atomic E-state index is 5.20. The largest absolute Gasteiger partial charge is 0.383 e. The van der Waals surface area contributed by atoms with Crippen molar-refractivity contribution >= 4 is 10.9 Å². The summed E-state index contributed by atoms with van der Waals surface area (Å²) in [7, 11) is 1.73. The SMILES string of the molecule is COCC(C)(C)NCc1cccc2cccnc12. The highest BCUT2D eigenvalue weighted by Gasteiger charge is 2.16. The maximum absolute atomic E-state index is 5.20. The highest BCUT2D eigenvalue weighted by Crippen LogP contribution is 2.16. The van der Waals surface area contributed by atoms with Crippen molar-refractivity contribution in [1.82, 2.24) is 10.3 Å². The van der Waals surface area contributed by atoms with Gasteiger partial charge in [-0.1, -0.05) is 24.3 Å². The Hall–Kier alpha value is -1.45. The van der Waals surface area contributed by atoms with Crippen molar-refractivity contribution in [3.05, 3.63) is 42.1 Å². The number of methoxy groups -OCH3 is 1. The molecule has 0 amide bonds. The Morgan fingerprint density at radius 2 is 2.00 bits per heavy atom. The quantitative estimate of drug-likeness (QED) is 0.878. The molecule has 18 heavy (non-hydrogen) atoms. The molecule has 3 heteroatoms. The number of hydrogen-bond donors (Lipinski definition) is 1. The van der Waals surface area contributed by atoms with Gasteiger partial charge in [0.2, 0.25) is 0 Å². The van der Waals surface area contributed by atoms with E-state index in [9.17, 15) is 0 Å². The van der Waals surface area contributed by atoms with E-state index in [0.29, 0.717) is 6.61 Å². The standard InChI is InChI=1S/C15H20N2O/c1-15(2,11-18-3)17-10-13-7-4-6-12-8-5-9-16-14(12)13/h4-9,17H,10-11H2,1-3H3. The van der Waals surface area contributed by atoms with Crippen molar-refractivity contribution in [3.8, 4) is 0 Å². The minimum Gasteiger partial charge on any atom is -0.383 e. The smallest absolute Gasteiger partial charge is 0.0746 e. The second kappa shape index (κ2) is 5.46. The van der Waals surface area contributed by atoms with Crippen molar-refractivity contribution in [2.75, 3.05) is 13.7 Å². The lowest BCUT2D eigenvalue weighted by atomic mass is 10.1. The Bertz CT molecular complexity index is 517. The average Bonchev–Trinajstić information content (AvgIpc) is 2.36. The van der Waals surface area contributed by atoms with E-state index in [1.165, 1.54) is 10.9 Å². The van der Waals surface area contributed by atoms with E-state index < -0.39 is 0 Å². The monoisotopic (exact) mass is 244 g/mol. The first kappa shape index (κ1) is 13.0. The van der Waals surface area contributed by atoms with Crippen molar-refractivity contribution < 1.29 is 4.74 Å². The van der Waals surface area contributed by atoms with E-state index in [-0.39, 0.29) is 5.54 Å². The van der Waals surface area contributed by atoms with Gasteiger partial charge < -0.3 is 10.1 Å². The van der Waals surface area contributed by atoms with Gasteiger partial charge in [-0.25, -0.2) is 0 Å². The zero-order valence-corrected chi connectivity index (χ0v) is 11.2. The summed E-state index contributed by atoms with van der Waals surface area (Å²) in [5.74, 6) is 0. The zero-order chi connectivity index (χ0) is 13.0. The first-order chi connectivity index (χ1) is 8.62. The van der Waals surface area contributed by atoms with Crippen LogP contribution in [0.4, 0.5) is 0 Å². The van der Waals surface area contributed by atoms with Crippen LogP contribution in [-0.2, 0) is 11.3 Å². The van der Waals surface area contributed by atoms with Crippen LogP contribution in [0.1, 0.15) is 19.4 Å². The molecular formula is C15H20N2O. The van der Waals surface area contributed by atoms with Gasteiger partial charge in [-0.3, -0.25) is 4.98 Å². The molecule has 0 fully saturated rings. The number of nitrogens with one attached hydrogen (secondary N) is 1. The molecular weight excluding hydrogens is 224 g/mol. The summed E-state index contributed by atoms with van der Waals surface area (Å²) in [6.07, 6.45) is 1.84. The van der Waals surface area contributed by atoms with Gasteiger partial charge in [0.25, 0.3) is 0 Å². The van der Waals surface area contributed by atoms with Gasteiger partial charge in [-0.15, -0.1) is 0 Å². The molecule has 2 aromatic rings. The average molecular weight is 244 g/mol. The molecule has 1 N–H and O–H groups in total. The molecule has 1 aromatic carbocycles. The molecule has 0 spiro atoms. The summed E-state index contributed by atoms with van der Waals surface area (Å²) >= 11 is 0. The fourth-order valence-corrected chi connectivity index (χ4v) is 2.06. The third-order valence-corrected chi connectivity index (χ3v) is 2.98. The van der Waals surface area contributed by atoms with Gasteiger partial charge in [-0.05, 0) is 25.5 Å². The summed E-state index contributed by atoms with van der Waals surface area (Å²) in [5, 5.41) is 4.69. The molecule has 0 bridgehead atoms. The molecule has 0 atom stereocenters. The Kier molecular flexibility index (Phi) is 3.94. The molecule has 0 aliphatic rings. The van der Waals surface area contributed by atoms with Gasteiger partial charge in [0.15, 0.2) is 0 Å². The third kappa shape index (κ3) is 3.06. The normalized spacial score (nSPS) is 11.9. The summed E-state index contributed by atoms with van der Waals surface area (Å²) in [6, 6.07) is 10.3. The molecule has 0 unspecified atom stereocenters. The van der Waals surface area contributed by atoms with Crippen molar-refractivity contribution in [1.29, 1.82) is 0 Å². The van der Waals surface area contributed by atoms with E-state index in [4.69, 9.17) is 4.74 Å². The lowest BCUT2D eigenvalue weighted by Crippen LogP contribution is -2.42. The van der Waals surface area contributed by atoms with E-state index in [0.717, 1.165) is 12.1 Å². The zero-order valence-electron chi connectivity index (χ0n) is 11.2. The van der Waals surface area contributed by atoms with Crippen LogP contribution in [0.2, 0.25) is 0 Å². The van der Waals surface area contributed by atoms with Gasteiger partial charge in [-0.2, -0.15) is 0 Å². The maximum Gasteiger partial charge on any atom is 0.0746 e. The number of hydrogen-bond acceptors (Lipinski definition) is 3. The summed E-state index contributed by atoms with van der Waals surface area (Å²) in [4.78, 5) is 4.46. The minimum atomic E-state index is -0.0360. The highest BCUT2D eigenvalue weighted by atomic mass is 16.5. The molecule has 0 aliphatic heterocycles. The van der Waals surface area contributed by atoms with Crippen LogP contribution in [0.3, 0.4) is 0 Å². The van der Waals surface area contributed by atoms with Crippen LogP contribution in [0.15, 0.2) is 36.5 Å². The number of pyridine rings is 1. The van der Waals surface area contributed by atoms with E-state index in [1.54, 1.807) is 7.11 Å². The number of fused-ring (bicyclic) bond motifs is 1. The van der Waals surface area contributed by atoms with Crippen molar-refractivity contribution in [2.45, 2.75) is 25.9 Å². The Morgan fingerprint density at radius 1 is 1.22 bits per heavy atom. The molecule has 0 saturated carbocycles. The van der Waals surface area contributed by atoms with Crippen LogP contribution >= 0.6 is 0 Å². The minimum absolute atomic E-state index is 0.0360. The molecule has 96 valence electrons. The fraction of sp³-hybridized carbons (Fsp3) is 0.400. The van der Waals surface area contributed by atoms with Crippen molar-refractivity contribution in [3.63, 3.8) is 0 Å². The number of rotatable bonds is 5. The lowest BCUT2D eigenvalue weighted by Gasteiger charge is -2.25. The Labute approximate surface area is 108 Å². The van der Waals surface area contributed by atoms with E-state index in [2.05, 4.69) is 48.4 Å². The molecule has 2 rings (SSSR count). The number of para-hydroxylation sites is 1. The van der Waals surface area contributed by atoms with E-state index >= 15 is 0 Å². The lowest BCUT2D eigenvalue weighted by molar-refractivity contribution is 0.128. The summed E-state index contributed by atoms with van der Waals surface area (Å²) in [6.45, 7) is 5.75. The van der Waals surface area contributed by atoms with Gasteiger partial charge in [0.05, 0.1) is 12.1 Å². The van der Waals surface area contributed by atoms with Crippen LogP contribution in [0, 0.1) is 0 Å². The first-order valence-corrected chi connectivity index (χ1v) is 6.19. The highest BCUT2D eigenvalue weighted by molar-refractivity contribution is 5.81. The first-order valence-electron chi connectivity index (χ1n) is 6.19. The topological polar surface area (TPSA) is 34.1 Å². The van der Waals surface area contributed by atoms with Gasteiger partial charge >= 0.3 is 0 Å². The second-order valence-corrected chi connectivity index (χ2v) is 5.16. The second-order valence-electron chi connectivity index (χ2n) is 5.16. The summed E-state index contributed by atoms with van der Waals surface area (Å²) < 4.78 is 5.20. The number of nitrogens with zero attached hydrogens (tertiary/aromatic N) is 1. The van der Waals surface area contributed by atoms with E-state index in [1.807, 2.05) is 12.3 Å². The van der Waals surface area contributed by atoms with Crippen LogP contribution in [-0.4, -0.2) is 24.2 Å². The Balaban J connectivity index is 2.17. The third-order valence-electron chi connectivity index (χ3n) is 2.98. The predicted octanol–water partition coefficient (Wildman–Crippen LogP) is 2.75. The predicted molar refractivity (Wildman–Crippen MR) is 74.5 cm³/mol. The Morgan fingerprint density at radius 3 is 2.78 bits per heavy atom. The number of aromatic nitrogens is 1. The summed E-state index contributed by atoms with van der Waals surface area (Å²) in [5.41, 5.74) is 2.25. The molecule has 0 radical (unpaired) electrons. The molecule has 3 nitrogen and oxygen atoms in total. The van der Waals surface area contributed by atoms with Crippen LogP contribution < -0.4 is 5.32 Å². The van der Waals surface area contributed by atoms with Crippen molar-refractivity contribution in [2.24, 2.45) is 0 Å². The number of benzene rings is 1. The van der Waals surface area contributed by atoms with Gasteiger partial charge in [0, 0.05) is 30.8 Å². The van der Waals surface area contributed by atoms with Gasteiger partial charge in [0.1, 0.15) is 0 Å². The van der Waals surface area contributed by atoms with Crippen LogP contribution in [0.25, 0.3) is 10.9 Å². The molecule has 1 heterocycles. The molecule has 0 saturated heterocycles. The molecule has 0 aliphatic carbocycles. The van der Waals surface area contributed by atoms with Crippen LogP contribution in [0.5, 0.6) is 0 Å². The molecule has 1 aromatic heterocycles. The fourth-order valence-electron chi connectivity index (χ4n) is 2.06. The number of ether oxygens (including phenoxy) is 1.